The van der Waals surface area contributed by atoms with Gasteiger partial charge in [-0.25, -0.2) is 0 Å². The maximum absolute atomic E-state index is 11.5. The molecule has 1 heterocycles. The lowest BCUT2D eigenvalue weighted by molar-refractivity contribution is 0.566. The monoisotopic (exact) mass is 206 g/mol. The van der Waals surface area contributed by atoms with Gasteiger partial charge in [-0.3, -0.25) is 4.79 Å². The molecule has 1 aliphatic rings. The summed E-state index contributed by atoms with van der Waals surface area (Å²) in [5, 5.41) is 3.38. The minimum absolute atomic E-state index is 0.100. The van der Waals surface area contributed by atoms with Crippen LogP contribution in [0, 0.1) is 12.8 Å². The molecule has 3 heteroatoms. The quantitative estimate of drug-likeness (QED) is 0.733. The van der Waals surface area contributed by atoms with Gasteiger partial charge >= 0.3 is 0 Å². The molecule has 1 aromatic rings. The van der Waals surface area contributed by atoms with E-state index < -0.39 is 0 Å². The van der Waals surface area contributed by atoms with Crippen molar-refractivity contribution in [1.29, 1.82) is 0 Å². The summed E-state index contributed by atoms with van der Waals surface area (Å²) < 4.78 is 1.76. The van der Waals surface area contributed by atoms with Crippen molar-refractivity contribution in [2.24, 2.45) is 5.92 Å². The predicted octanol–water partition coefficient (Wildman–Crippen LogP) is 1.16. The summed E-state index contributed by atoms with van der Waals surface area (Å²) in [4.78, 5) is 11.5. The minimum Gasteiger partial charge on any atom is -0.315 e. The lowest BCUT2D eigenvalue weighted by Crippen LogP contribution is -2.27. The molecule has 1 aliphatic carbocycles. The molecule has 3 nitrogen and oxygen atoms in total. The number of rotatable bonds is 5. The van der Waals surface area contributed by atoms with Crippen LogP contribution in [0.15, 0.2) is 23.1 Å². The Kier molecular flexibility index (Phi) is 3.21. The normalized spacial score (nSPS) is 15.5. The Morgan fingerprint density at radius 2 is 2.33 bits per heavy atom. The minimum atomic E-state index is 0.100. The molecule has 0 bridgehead atoms. The van der Waals surface area contributed by atoms with Crippen molar-refractivity contribution >= 4 is 0 Å². The maximum Gasteiger partial charge on any atom is 0.250 e. The second-order valence-corrected chi connectivity index (χ2v) is 4.38. The van der Waals surface area contributed by atoms with Gasteiger partial charge in [-0.1, -0.05) is 0 Å². The molecule has 15 heavy (non-hydrogen) atoms. The summed E-state index contributed by atoms with van der Waals surface area (Å²) in [5.74, 6) is 0.903. The van der Waals surface area contributed by atoms with Crippen LogP contribution >= 0.6 is 0 Å². The zero-order chi connectivity index (χ0) is 10.7. The molecule has 0 atom stereocenters. The molecular weight excluding hydrogens is 188 g/mol. The number of hydrogen-bond acceptors (Lipinski definition) is 2. The van der Waals surface area contributed by atoms with Gasteiger partial charge in [0.25, 0.3) is 5.56 Å². The van der Waals surface area contributed by atoms with E-state index in [2.05, 4.69) is 5.32 Å². The Morgan fingerprint density at radius 3 is 3.00 bits per heavy atom. The molecule has 0 radical (unpaired) electrons. The highest BCUT2D eigenvalue weighted by molar-refractivity contribution is 5.07. The van der Waals surface area contributed by atoms with Crippen molar-refractivity contribution < 1.29 is 0 Å². The van der Waals surface area contributed by atoms with Crippen LogP contribution in [0.2, 0.25) is 0 Å². The van der Waals surface area contributed by atoms with Gasteiger partial charge in [-0.15, -0.1) is 0 Å². The molecular formula is C12H18N2O. The van der Waals surface area contributed by atoms with Crippen LogP contribution in [-0.2, 0) is 6.54 Å². The van der Waals surface area contributed by atoms with E-state index in [-0.39, 0.29) is 5.56 Å². The van der Waals surface area contributed by atoms with Gasteiger partial charge in [0.15, 0.2) is 0 Å². The van der Waals surface area contributed by atoms with Crippen molar-refractivity contribution in [2.45, 2.75) is 26.3 Å². The second kappa shape index (κ2) is 4.62. The van der Waals surface area contributed by atoms with Gasteiger partial charge in [0, 0.05) is 25.4 Å². The molecule has 2 rings (SSSR count). The van der Waals surface area contributed by atoms with E-state index in [9.17, 15) is 4.79 Å². The first kappa shape index (κ1) is 10.4. The standard InChI is InChI=1S/C12H18N2O/c1-10-4-6-14(12(15)8-10)7-5-13-9-11-2-3-11/h4,6,8,11,13H,2-3,5,7,9H2,1H3. The molecule has 0 spiro atoms. The molecule has 1 fully saturated rings. The number of aryl methyl sites for hydroxylation is 1. The van der Waals surface area contributed by atoms with E-state index in [0.29, 0.717) is 0 Å². The summed E-state index contributed by atoms with van der Waals surface area (Å²) in [5.41, 5.74) is 1.13. The number of nitrogens with one attached hydrogen (secondary N) is 1. The highest BCUT2D eigenvalue weighted by Crippen LogP contribution is 2.27. The number of hydrogen-bond donors (Lipinski definition) is 1. The molecule has 1 aromatic heterocycles. The lowest BCUT2D eigenvalue weighted by atomic mass is 10.3. The predicted molar refractivity (Wildman–Crippen MR) is 61.0 cm³/mol. The average molecular weight is 206 g/mol. The van der Waals surface area contributed by atoms with Crippen molar-refractivity contribution in [3.05, 3.63) is 34.2 Å². The average Bonchev–Trinajstić information content (AvgIpc) is 2.99. The topological polar surface area (TPSA) is 34.0 Å². The van der Waals surface area contributed by atoms with Crippen LogP contribution in [0.1, 0.15) is 18.4 Å². The van der Waals surface area contributed by atoms with Crippen LogP contribution in [0.25, 0.3) is 0 Å². The maximum atomic E-state index is 11.5. The summed E-state index contributed by atoms with van der Waals surface area (Å²) in [6.45, 7) is 4.71. The van der Waals surface area contributed by atoms with Crippen LogP contribution < -0.4 is 10.9 Å². The first-order chi connectivity index (χ1) is 7.25. The molecule has 1 saturated carbocycles. The van der Waals surface area contributed by atoms with Gasteiger partial charge in [-0.05, 0) is 43.9 Å². The fourth-order valence-electron chi connectivity index (χ4n) is 1.62. The highest BCUT2D eigenvalue weighted by atomic mass is 16.1. The van der Waals surface area contributed by atoms with Gasteiger partial charge in [-0.2, -0.15) is 0 Å². The highest BCUT2D eigenvalue weighted by Gasteiger charge is 2.19. The SMILES string of the molecule is Cc1ccn(CCNCC2CC2)c(=O)c1. The first-order valence-corrected chi connectivity index (χ1v) is 5.63. The Hall–Kier alpha value is -1.09. The van der Waals surface area contributed by atoms with Gasteiger partial charge in [0.2, 0.25) is 0 Å². The van der Waals surface area contributed by atoms with Crippen LogP contribution in [0.5, 0.6) is 0 Å². The van der Waals surface area contributed by atoms with Crippen LogP contribution in [0.3, 0.4) is 0 Å². The Balaban J connectivity index is 1.79. The van der Waals surface area contributed by atoms with Gasteiger partial charge in [0.05, 0.1) is 0 Å². The summed E-state index contributed by atoms with van der Waals surface area (Å²) >= 11 is 0. The fourth-order valence-corrected chi connectivity index (χ4v) is 1.62. The second-order valence-electron chi connectivity index (χ2n) is 4.38. The summed E-state index contributed by atoms with van der Waals surface area (Å²) in [7, 11) is 0. The van der Waals surface area contributed by atoms with Crippen LogP contribution in [0.4, 0.5) is 0 Å². The number of pyridine rings is 1. The van der Waals surface area contributed by atoms with Crippen molar-refractivity contribution in [3.8, 4) is 0 Å². The molecule has 0 aromatic carbocycles. The van der Waals surface area contributed by atoms with E-state index in [1.165, 1.54) is 12.8 Å². The molecule has 82 valence electrons. The van der Waals surface area contributed by atoms with Crippen LogP contribution in [-0.4, -0.2) is 17.7 Å². The molecule has 0 amide bonds. The Morgan fingerprint density at radius 1 is 1.53 bits per heavy atom. The third kappa shape index (κ3) is 3.20. The third-order valence-electron chi connectivity index (χ3n) is 2.81. The third-order valence-corrected chi connectivity index (χ3v) is 2.81. The first-order valence-electron chi connectivity index (χ1n) is 5.63. The molecule has 0 unspecified atom stereocenters. The Bertz CT molecular complexity index is 379. The van der Waals surface area contributed by atoms with Crippen molar-refractivity contribution in [2.75, 3.05) is 13.1 Å². The van der Waals surface area contributed by atoms with E-state index in [1.807, 2.05) is 19.2 Å². The molecule has 0 saturated heterocycles. The van der Waals surface area contributed by atoms with E-state index >= 15 is 0 Å². The van der Waals surface area contributed by atoms with Crippen molar-refractivity contribution in [1.82, 2.24) is 9.88 Å². The van der Waals surface area contributed by atoms with Gasteiger partial charge < -0.3 is 9.88 Å². The van der Waals surface area contributed by atoms with E-state index in [0.717, 1.165) is 31.1 Å². The van der Waals surface area contributed by atoms with Gasteiger partial charge in [0.1, 0.15) is 0 Å². The zero-order valence-corrected chi connectivity index (χ0v) is 9.20. The zero-order valence-electron chi connectivity index (χ0n) is 9.20. The Labute approximate surface area is 90.1 Å². The number of nitrogens with zero attached hydrogens (tertiary/aromatic N) is 1. The van der Waals surface area contributed by atoms with E-state index in [1.54, 1.807) is 10.6 Å². The number of aromatic nitrogens is 1. The van der Waals surface area contributed by atoms with E-state index in [4.69, 9.17) is 0 Å². The fraction of sp³-hybridized carbons (Fsp3) is 0.583. The summed E-state index contributed by atoms with van der Waals surface area (Å²) in [6, 6.07) is 3.66. The molecule has 1 N–H and O–H groups in total. The smallest absolute Gasteiger partial charge is 0.250 e. The molecule has 0 aliphatic heterocycles. The largest absolute Gasteiger partial charge is 0.315 e. The summed E-state index contributed by atoms with van der Waals surface area (Å²) in [6.07, 6.45) is 4.62. The lowest BCUT2D eigenvalue weighted by Gasteiger charge is -2.06. The van der Waals surface area contributed by atoms with Crippen molar-refractivity contribution in [3.63, 3.8) is 0 Å².